The Morgan fingerprint density at radius 2 is 2.53 bits per heavy atom. The van der Waals surface area contributed by atoms with Gasteiger partial charge < -0.3 is 10.6 Å². The van der Waals surface area contributed by atoms with Gasteiger partial charge in [-0.15, -0.1) is 34.5 Å². The summed E-state index contributed by atoms with van der Waals surface area (Å²) in [5.41, 5.74) is 5.82. The summed E-state index contributed by atoms with van der Waals surface area (Å²) < 4.78 is 0. The number of hydrogen-bond acceptors (Lipinski definition) is 6. The van der Waals surface area contributed by atoms with Crippen molar-refractivity contribution in [2.45, 2.75) is 4.84 Å². The van der Waals surface area contributed by atoms with Gasteiger partial charge in [-0.25, -0.2) is 4.98 Å². The largest absolute Gasteiger partial charge is 0.392 e. The Bertz CT molecular complexity index is 367. The van der Waals surface area contributed by atoms with E-state index in [9.17, 15) is 4.79 Å². The second-order valence-corrected chi connectivity index (χ2v) is 4.52. The van der Waals surface area contributed by atoms with Crippen LogP contribution in [-0.4, -0.2) is 28.4 Å². The SMILES string of the molecule is Nc1nc(/C(C=O)=N/OCC(Cl)Cl)cs1. The molecule has 0 unspecified atom stereocenters. The predicted octanol–water partition coefficient (Wildman–Crippen LogP) is 1.45. The number of halogens is 2. The van der Waals surface area contributed by atoms with E-state index < -0.39 is 4.84 Å². The summed E-state index contributed by atoms with van der Waals surface area (Å²) in [6.07, 6.45) is 0.520. The molecule has 0 aromatic carbocycles. The van der Waals surface area contributed by atoms with Crippen LogP contribution in [0.1, 0.15) is 5.69 Å². The molecule has 82 valence electrons. The van der Waals surface area contributed by atoms with Gasteiger partial charge in [0.1, 0.15) is 17.1 Å². The number of aromatic nitrogens is 1. The number of aldehydes is 1. The monoisotopic (exact) mass is 267 g/mol. The molecule has 0 radical (unpaired) electrons. The number of rotatable bonds is 5. The van der Waals surface area contributed by atoms with E-state index in [1.165, 1.54) is 11.3 Å². The number of alkyl halides is 2. The van der Waals surface area contributed by atoms with Crippen molar-refractivity contribution >= 4 is 51.7 Å². The summed E-state index contributed by atoms with van der Waals surface area (Å²) in [5.74, 6) is 0. The summed E-state index contributed by atoms with van der Waals surface area (Å²) in [5, 5.41) is 5.49. The number of oxime groups is 1. The highest BCUT2D eigenvalue weighted by molar-refractivity contribution is 7.13. The summed E-state index contributed by atoms with van der Waals surface area (Å²) in [4.78, 5) is 18.5. The Balaban J connectivity index is 2.67. The molecule has 0 spiro atoms. The lowest BCUT2D eigenvalue weighted by Gasteiger charge is -1.99. The minimum atomic E-state index is -0.692. The average molecular weight is 268 g/mol. The maximum Gasteiger partial charge on any atom is 0.180 e. The molecule has 8 heteroatoms. The summed E-state index contributed by atoms with van der Waals surface area (Å²) in [7, 11) is 0. The van der Waals surface area contributed by atoms with Crippen molar-refractivity contribution in [3.05, 3.63) is 11.1 Å². The molecular formula is C7H7Cl2N3O2S. The van der Waals surface area contributed by atoms with Crippen molar-refractivity contribution in [2.24, 2.45) is 5.16 Å². The van der Waals surface area contributed by atoms with Gasteiger partial charge in [0.2, 0.25) is 0 Å². The van der Waals surface area contributed by atoms with E-state index in [0.717, 1.165) is 0 Å². The highest BCUT2D eigenvalue weighted by Crippen LogP contribution is 2.11. The molecule has 15 heavy (non-hydrogen) atoms. The first-order valence-electron chi connectivity index (χ1n) is 3.78. The van der Waals surface area contributed by atoms with Gasteiger partial charge in [0, 0.05) is 5.38 Å². The molecule has 0 bridgehead atoms. The van der Waals surface area contributed by atoms with E-state index in [1.54, 1.807) is 5.38 Å². The zero-order valence-electron chi connectivity index (χ0n) is 7.39. The average Bonchev–Trinajstić information content (AvgIpc) is 2.59. The van der Waals surface area contributed by atoms with E-state index in [-0.39, 0.29) is 12.3 Å². The highest BCUT2D eigenvalue weighted by Gasteiger charge is 2.08. The number of carbonyl (C=O) groups excluding carboxylic acids is 1. The van der Waals surface area contributed by atoms with Crippen molar-refractivity contribution in [2.75, 3.05) is 12.3 Å². The van der Waals surface area contributed by atoms with Crippen molar-refractivity contribution in [3.8, 4) is 0 Å². The van der Waals surface area contributed by atoms with Gasteiger partial charge in [-0.1, -0.05) is 5.16 Å². The fraction of sp³-hybridized carbons (Fsp3) is 0.286. The van der Waals surface area contributed by atoms with Gasteiger partial charge in [-0.2, -0.15) is 0 Å². The third-order valence-electron chi connectivity index (χ3n) is 1.26. The van der Waals surface area contributed by atoms with E-state index >= 15 is 0 Å². The van der Waals surface area contributed by atoms with Gasteiger partial charge in [0.25, 0.3) is 0 Å². The lowest BCUT2D eigenvalue weighted by Crippen LogP contribution is -2.06. The zero-order valence-corrected chi connectivity index (χ0v) is 9.72. The standard InChI is InChI=1S/C7H7Cl2N3O2S/c8-6(9)2-14-12-4(1-13)5-3-15-7(10)11-5/h1,3,6H,2H2,(H2,10,11)/b12-4+. The van der Waals surface area contributed by atoms with Crippen molar-refractivity contribution in [1.29, 1.82) is 0 Å². The fourth-order valence-corrected chi connectivity index (χ4v) is 1.37. The van der Waals surface area contributed by atoms with Crippen molar-refractivity contribution in [3.63, 3.8) is 0 Å². The molecule has 5 nitrogen and oxygen atoms in total. The Morgan fingerprint density at radius 3 is 3.00 bits per heavy atom. The fourth-order valence-electron chi connectivity index (χ4n) is 0.697. The number of carbonyl (C=O) groups is 1. The first kappa shape index (κ1) is 12.2. The molecule has 0 aliphatic heterocycles. The minimum absolute atomic E-state index is 0.0000698. The topological polar surface area (TPSA) is 77.6 Å². The maximum absolute atomic E-state index is 10.6. The lowest BCUT2D eigenvalue weighted by atomic mass is 10.3. The van der Waals surface area contributed by atoms with Crippen molar-refractivity contribution < 1.29 is 9.63 Å². The molecular weight excluding hydrogens is 261 g/mol. The van der Waals surface area contributed by atoms with Crippen LogP contribution in [0.2, 0.25) is 0 Å². The van der Waals surface area contributed by atoms with Gasteiger partial charge >= 0.3 is 0 Å². The van der Waals surface area contributed by atoms with Crippen LogP contribution < -0.4 is 5.73 Å². The number of thiazole rings is 1. The minimum Gasteiger partial charge on any atom is -0.392 e. The van der Waals surface area contributed by atoms with E-state index in [0.29, 0.717) is 17.1 Å². The first-order chi connectivity index (χ1) is 7.13. The third kappa shape index (κ3) is 4.03. The number of nitrogen functional groups attached to an aromatic ring is 1. The van der Waals surface area contributed by atoms with Crippen LogP contribution in [0.15, 0.2) is 10.5 Å². The number of nitrogens with two attached hydrogens (primary N) is 1. The predicted molar refractivity (Wildman–Crippen MR) is 60.6 cm³/mol. The van der Waals surface area contributed by atoms with Crippen LogP contribution in [0.5, 0.6) is 0 Å². The van der Waals surface area contributed by atoms with Gasteiger partial charge in [0.05, 0.1) is 0 Å². The van der Waals surface area contributed by atoms with Crippen LogP contribution in [0.25, 0.3) is 0 Å². The van der Waals surface area contributed by atoms with Gasteiger partial charge in [0.15, 0.2) is 17.1 Å². The van der Waals surface area contributed by atoms with Crippen LogP contribution >= 0.6 is 34.5 Å². The smallest absolute Gasteiger partial charge is 0.180 e. The Hall–Kier alpha value is -0.850. The van der Waals surface area contributed by atoms with Crippen LogP contribution in [0, 0.1) is 0 Å². The van der Waals surface area contributed by atoms with Gasteiger partial charge in [-0.05, 0) is 0 Å². The molecule has 0 aliphatic carbocycles. The molecule has 0 amide bonds. The van der Waals surface area contributed by atoms with E-state index in [2.05, 4.69) is 10.1 Å². The molecule has 1 rings (SSSR count). The Morgan fingerprint density at radius 1 is 1.80 bits per heavy atom. The first-order valence-corrected chi connectivity index (χ1v) is 5.53. The Labute approximate surface area is 99.8 Å². The number of hydrogen-bond donors (Lipinski definition) is 1. The van der Waals surface area contributed by atoms with E-state index in [4.69, 9.17) is 33.8 Å². The zero-order chi connectivity index (χ0) is 11.3. The highest BCUT2D eigenvalue weighted by atomic mass is 35.5. The quantitative estimate of drug-likeness (QED) is 0.379. The number of anilines is 1. The molecule has 0 fully saturated rings. The summed E-state index contributed by atoms with van der Waals surface area (Å²) in [6, 6.07) is 0. The van der Waals surface area contributed by atoms with Crippen LogP contribution in [0.3, 0.4) is 0 Å². The molecule has 0 aliphatic rings. The lowest BCUT2D eigenvalue weighted by molar-refractivity contribution is -0.102. The molecule has 0 saturated carbocycles. The molecule has 1 aromatic heterocycles. The second-order valence-electron chi connectivity index (χ2n) is 2.35. The molecule has 1 heterocycles. The molecule has 0 saturated heterocycles. The normalized spacial score (nSPS) is 11.8. The third-order valence-corrected chi connectivity index (χ3v) is 2.19. The molecule has 0 atom stereocenters. The van der Waals surface area contributed by atoms with E-state index in [1.807, 2.05) is 0 Å². The summed E-state index contributed by atoms with van der Waals surface area (Å²) >= 11 is 12.0. The van der Waals surface area contributed by atoms with Crippen LogP contribution in [0.4, 0.5) is 5.13 Å². The molecule has 2 N–H and O–H groups in total. The molecule has 1 aromatic rings. The summed E-state index contributed by atoms with van der Waals surface area (Å²) in [6.45, 7) is 0.0000698. The number of nitrogens with zero attached hydrogens (tertiary/aromatic N) is 2. The van der Waals surface area contributed by atoms with Crippen molar-refractivity contribution in [1.82, 2.24) is 4.98 Å². The second kappa shape index (κ2) is 5.89. The maximum atomic E-state index is 10.6. The van der Waals surface area contributed by atoms with Crippen LogP contribution in [-0.2, 0) is 9.63 Å². The van der Waals surface area contributed by atoms with Gasteiger partial charge in [-0.3, -0.25) is 4.79 Å². The Kier molecular flexibility index (Phi) is 4.80.